The van der Waals surface area contributed by atoms with E-state index in [1.807, 2.05) is 18.2 Å². The Kier molecular flexibility index (Phi) is 2.77. The van der Waals surface area contributed by atoms with Gasteiger partial charge in [-0.15, -0.1) is 0 Å². The minimum Gasteiger partial charge on any atom is -0.311 e. The van der Waals surface area contributed by atoms with Crippen molar-refractivity contribution in [1.29, 1.82) is 0 Å². The summed E-state index contributed by atoms with van der Waals surface area (Å²) in [5, 5.41) is 3.62. The van der Waals surface area contributed by atoms with Crippen molar-refractivity contribution in [3.05, 3.63) is 48.3 Å². The summed E-state index contributed by atoms with van der Waals surface area (Å²) in [5.74, 6) is 0.0681. The standard InChI is InChI=1S/C16H16FN3/c17-16-14(10-3-5-18-6-4-10)7-11(9-19-16)13-8-12-1-2-15(13)20-12/h3-7,9,12-13,15,20H,1-2,8H2/t12-,13-,15-/m1/s1. The van der Waals surface area contributed by atoms with Gasteiger partial charge in [0, 0.05) is 42.2 Å². The van der Waals surface area contributed by atoms with Gasteiger partial charge < -0.3 is 5.32 Å². The fourth-order valence-electron chi connectivity index (χ4n) is 3.59. The van der Waals surface area contributed by atoms with Gasteiger partial charge in [0.2, 0.25) is 5.95 Å². The molecule has 2 saturated heterocycles. The van der Waals surface area contributed by atoms with Crippen molar-refractivity contribution in [1.82, 2.24) is 15.3 Å². The van der Waals surface area contributed by atoms with Crippen LogP contribution >= 0.6 is 0 Å². The molecule has 0 aromatic carbocycles. The monoisotopic (exact) mass is 269 g/mol. The molecular formula is C16H16FN3. The highest BCUT2D eigenvalue weighted by Gasteiger charge is 2.39. The molecule has 0 saturated carbocycles. The summed E-state index contributed by atoms with van der Waals surface area (Å²) in [6, 6.07) is 6.79. The summed E-state index contributed by atoms with van der Waals surface area (Å²) in [4.78, 5) is 7.95. The van der Waals surface area contributed by atoms with Crippen LogP contribution in [0.25, 0.3) is 11.1 Å². The summed E-state index contributed by atoms with van der Waals surface area (Å²) >= 11 is 0. The van der Waals surface area contributed by atoms with Crippen molar-refractivity contribution >= 4 is 0 Å². The van der Waals surface area contributed by atoms with Crippen molar-refractivity contribution in [2.75, 3.05) is 0 Å². The van der Waals surface area contributed by atoms with E-state index in [0.717, 1.165) is 17.5 Å². The molecule has 3 nitrogen and oxygen atoms in total. The molecule has 1 N–H and O–H groups in total. The maximum absolute atomic E-state index is 14.0. The first-order chi connectivity index (χ1) is 9.81. The minimum absolute atomic E-state index is 0.406. The molecule has 102 valence electrons. The van der Waals surface area contributed by atoms with Crippen LogP contribution in [0.2, 0.25) is 0 Å². The zero-order chi connectivity index (χ0) is 13.5. The molecule has 2 aliphatic rings. The third kappa shape index (κ3) is 1.91. The van der Waals surface area contributed by atoms with Crippen LogP contribution in [-0.4, -0.2) is 22.1 Å². The van der Waals surface area contributed by atoms with E-state index in [1.165, 1.54) is 12.8 Å². The van der Waals surface area contributed by atoms with Crippen molar-refractivity contribution in [2.24, 2.45) is 0 Å². The normalized spacial score (nSPS) is 27.9. The Balaban J connectivity index is 1.72. The van der Waals surface area contributed by atoms with Crippen molar-refractivity contribution in [2.45, 2.75) is 37.3 Å². The molecule has 2 aromatic rings. The molecule has 3 atom stereocenters. The van der Waals surface area contributed by atoms with Crippen LogP contribution in [0.3, 0.4) is 0 Å². The third-order valence-electron chi connectivity index (χ3n) is 4.58. The smallest absolute Gasteiger partial charge is 0.220 e. The number of halogens is 1. The number of pyridine rings is 2. The van der Waals surface area contributed by atoms with Gasteiger partial charge in [0.1, 0.15) is 0 Å². The van der Waals surface area contributed by atoms with Crippen LogP contribution in [0.1, 0.15) is 30.7 Å². The molecule has 0 aliphatic carbocycles. The van der Waals surface area contributed by atoms with Crippen molar-refractivity contribution < 1.29 is 4.39 Å². The van der Waals surface area contributed by atoms with Crippen LogP contribution in [0, 0.1) is 5.95 Å². The number of hydrogen-bond acceptors (Lipinski definition) is 3. The van der Waals surface area contributed by atoms with Crippen LogP contribution in [0.15, 0.2) is 36.8 Å². The molecule has 4 heteroatoms. The Bertz CT molecular complexity index is 629. The lowest BCUT2D eigenvalue weighted by Crippen LogP contribution is -2.21. The fraction of sp³-hybridized carbons (Fsp3) is 0.375. The minimum atomic E-state index is -0.406. The van der Waals surface area contributed by atoms with Crippen LogP contribution in [-0.2, 0) is 0 Å². The predicted octanol–water partition coefficient (Wildman–Crippen LogP) is 2.89. The van der Waals surface area contributed by atoms with Gasteiger partial charge >= 0.3 is 0 Å². The zero-order valence-corrected chi connectivity index (χ0v) is 11.1. The average molecular weight is 269 g/mol. The highest BCUT2D eigenvalue weighted by atomic mass is 19.1. The quantitative estimate of drug-likeness (QED) is 0.852. The third-order valence-corrected chi connectivity index (χ3v) is 4.58. The van der Waals surface area contributed by atoms with E-state index < -0.39 is 5.95 Å². The zero-order valence-electron chi connectivity index (χ0n) is 11.1. The van der Waals surface area contributed by atoms with Gasteiger partial charge in [0.15, 0.2) is 0 Å². The van der Waals surface area contributed by atoms with Gasteiger partial charge in [0.05, 0.1) is 0 Å². The molecule has 4 heterocycles. The molecule has 2 aromatic heterocycles. The first kappa shape index (κ1) is 12.0. The number of nitrogens with one attached hydrogen (secondary N) is 1. The maximum atomic E-state index is 14.0. The lowest BCUT2D eigenvalue weighted by molar-refractivity contribution is 0.502. The Morgan fingerprint density at radius 2 is 2.05 bits per heavy atom. The average Bonchev–Trinajstić information content (AvgIpc) is 3.11. The van der Waals surface area contributed by atoms with E-state index in [4.69, 9.17) is 0 Å². The lowest BCUT2D eigenvalue weighted by Gasteiger charge is -2.20. The Morgan fingerprint density at radius 1 is 1.20 bits per heavy atom. The summed E-state index contributed by atoms with van der Waals surface area (Å²) in [7, 11) is 0. The lowest BCUT2D eigenvalue weighted by atomic mass is 9.84. The van der Waals surface area contributed by atoms with E-state index in [-0.39, 0.29) is 0 Å². The molecule has 0 radical (unpaired) electrons. The van der Waals surface area contributed by atoms with Crippen LogP contribution < -0.4 is 5.32 Å². The van der Waals surface area contributed by atoms with Gasteiger partial charge in [-0.2, -0.15) is 4.39 Å². The molecule has 0 spiro atoms. The van der Waals surface area contributed by atoms with Gasteiger partial charge in [-0.1, -0.05) is 0 Å². The van der Waals surface area contributed by atoms with Gasteiger partial charge in [-0.3, -0.25) is 4.98 Å². The number of hydrogen-bond donors (Lipinski definition) is 1. The fourth-order valence-corrected chi connectivity index (χ4v) is 3.59. The second-order valence-electron chi connectivity index (χ2n) is 5.73. The molecule has 2 fully saturated rings. The predicted molar refractivity (Wildman–Crippen MR) is 74.7 cm³/mol. The molecule has 2 aliphatic heterocycles. The van der Waals surface area contributed by atoms with E-state index in [9.17, 15) is 4.39 Å². The van der Waals surface area contributed by atoms with E-state index in [1.54, 1.807) is 18.6 Å². The van der Waals surface area contributed by atoms with Crippen LogP contribution in [0.5, 0.6) is 0 Å². The summed E-state index contributed by atoms with van der Waals surface area (Å²) in [6.45, 7) is 0. The number of nitrogens with zero attached hydrogens (tertiary/aromatic N) is 2. The molecule has 4 rings (SSSR count). The summed E-state index contributed by atoms with van der Waals surface area (Å²) < 4.78 is 14.0. The highest BCUT2D eigenvalue weighted by molar-refractivity contribution is 5.63. The van der Waals surface area contributed by atoms with E-state index >= 15 is 0 Å². The first-order valence-electron chi connectivity index (χ1n) is 7.13. The number of fused-ring (bicyclic) bond motifs is 2. The highest BCUT2D eigenvalue weighted by Crippen LogP contribution is 2.40. The molecular weight excluding hydrogens is 253 g/mol. The number of aromatic nitrogens is 2. The van der Waals surface area contributed by atoms with Gasteiger partial charge in [0.25, 0.3) is 0 Å². The topological polar surface area (TPSA) is 37.8 Å². The SMILES string of the molecule is Fc1ncc([C@H]2C[C@H]3CC[C@H]2N3)cc1-c1ccncc1. The summed E-state index contributed by atoms with van der Waals surface area (Å²) in [5.41, 5.74) is 2.56. The van der Waals surface area contributed by atoms with Crippen molar-refractivity contribution in [3.63, 3.8) is 0 Å². The second kappa shape index (κ2) is 4.63. The molecule has 2 bridgehead atoms. The van der Waals surface area contributed by atoms with Crippen LogP contribution in [0.4, 0.5) is 4.39 Å². The molecule has 0 unspecified atom stereocenters. The maximum Gasteiger partial charge on any atom is 0.220 e. The van der Waals surface area contributed by atoms with E-state index in [2.05, 4.69) is 15.3 Å². The molecule has 0 amide bonds. The Labute approximate surface area is 117 Å². The second-order valence-corrected chi connectivity index (χ2v) is 5.73. The molecule has 20 heavy (non-hydrogen) atoms. The van der Waals surface area contributed by atoms with Crippen molar-refractivity contribution in [3.8, 4) is 11.1 Å². The largest absolute Gasteiger partial charge is 0.311 e. The van der Waals surface area contributed by atoms with Gasteiger partial charge in [-0.05, 0) is 48.6 Å². The summed E-state index contributed by atoms with van der Waals surface area (Å²) in [6.07, 6.45) is 8.70. The Hall–Kier alpha value is -1.81. The first-order valence-corrected chi connectivity index (χ1v) is 7.13. The Morgan fingerprint density at radius 3 is 2.75 bits per heavy atom. The van der Waals surface area contributed by atoms with E-state index in [0.29, 0.717) is 23.6 Å². The number of rotatable bonds is 2. The van der Waals surface area contributed by atoms with Gasteiger partial charge in [-0.25, -0.2) is 4.98 Å².